The van der Waals surface area contributed by atoms with Crippen molar-refractivity contribution in [3.05, 3.63) is 35.1 Å². The van der Waals surface area contributed by atoms with Crippen molar-refractivity contribution in [1.82, 2.24) is 4.98 Å². The van der Waals surface area contributed by atoms with Gasteiger partial charge < -0.3 is 9.47 Å². The van der Waals surface area contributed by atoms with E-state index in [0.717, 1.165) is 12.8 Å². The number of nitrogens with two attached hydrogens (primary N) is 1. The zero-order chi connectivity index (χ0) is 17.0. The van der Waals surface area contributed by atoms with E-state index in [-0.39, 0.29) is 22.7 Å². The van der Waals surface area contributed by atoms with Crippen molar-refractivity contribution in [2.75, 3.05) is 0 Å². The minimum atomic E-state index is -0.587. The van der Waals surface area contributed by atoms with E-state index in [2.05, 4.69) is 4.98 Å². The highest BCUT2D eigenvalue weighted by molar-refractivity contribution is 6.32. The van der Waals surface area contributed by atoms with Gasteiger partial charge in [0.25, 0.3) is 0 Å². The number of quaternary nitrogens is 1. The van der Waals surface area contributed by atoms with Gasteiger partial charge in [0, 0.05) is 6.07 Å². The standard InChI is InChI=1S/C16H20ClN3O3/c1-16(2,3)23-15(21)11-6-7-13(20-14(11)17)19-9-8-12(18)22-10-4-5-10/h6-10,18H,4-5H2,1-3H3,(H,19,20)/p+1/b9-8-,18-12?. The Morgan fingerprint density at radius 3 is 2.70 bits per heavy atom. The summed E-state index contributed by atoms with van der Waals surface area (Å²) >= 11 is 6.05. The Hall–Kier alpha value is -1.92. The Kier molecular flexibility index (Phi) is 5.38. The molecule has 1 aliphatic carbocycles. The molecule has 0 amide bonds. The van der Waals surface area contributed by atoms with Gasteiger partial charge in [0.15, 0.2) is 0 Å². The second-order valence-electron chi connectivity index (χ2n) is 6.28. The minimum Gasteiger partial charge on any atom is -0.475 e. The summed E-state index contributed by atoms with van der Waals surface area (Å²) in [4.78, 5) is 16.1. The number of pyridine rings is 1. The number of nitrogens with one attached hydrogen (secondary N) is 1. The van der Waals surface area contributed by atoms with Crippen LogP contribution in [0.2, 0.25) is 5.15 Å². The molecule has 0 bridgehead atoms. The molecule has 2 rings (SSSR count). The maximum Gasteiger partial charge on any atom is 0.341 e. The van der Waals surface area contributed by atoms with Gasteiger partial charge in [-0.25, -0.2) is 4.79 Å². The monoisotopic (exact) mass is 338 g/mol. The Bertz CT molecular complexity index is 634. The first-order chi connectivity index (χ1) is 10.7. The zero-order valence-corrected chi connectivity index (χ0v) is 14.2. The molecule has 1 saturated carbocycles. The minimum absolute atomic E-state index is 0.0886. The average molecular weight is 339 g/mol. The van der Waals surface area contributed by atoms with Crippen molar-refractivity contribution in [3.63, 3.8) is 0 Å². The van der Waals surface area contributed by atoms with E-state index in [0.29, 0.717) is 5.82 Å². The largest absolute Gasteiger partial charge is 0.475 e. The highest BCUT2D eigenvalue weighted by atomic mass is 35.5. The first-order valence-electron chi connectivity index (χ1n) is 7.41. The predicted octanol–water partition coefficient (Wildman–Crippen LogP) is 2.56. The summed E-state index contributed by atoms with van der Waals surface area (Å²) in [5, 5.41) is 9.38. The van der Waals surface area contributed by atoms with Gasteiger partial charge in [-0.1, -0.05) is 11.6 Å². The van der Waals surface area contributed by atoms with Crippen molar-refractivity contribution in [3.8, 4) is 0 Å². The van der Waals surface area contributed by atoms with Crippen molar-refractivity contribution in [2.24, 2.45) is 0 Å². The molecule has 124 valence electrons. The summed E-state index contributed by atoms with van der Waals surface area (Å²) in [6, 6.07) is 3.25. The molecule has 1 aromatic rings. The lowest BCUT2D eigenvalue weighted by Gasteiger charge is -2.19. The fourth-order valence-corrected chi connectivity index (χ4v) is 1.90. The number of esters is 1. The third-order valence-corrected chi connectivity index (χ3v) is 3.11. The number of ether oxygens (including phenoxy) is 2. The van der Waals surface area contributed by atoms with Crippen molar-refractivity contribution < 1.29 is 19.6 Å². The molecule has 6 nitrogen and oxygen atoms in total. The van der Waals surface area contributed by atoms with Gasteiger partial charge in [0.1, 0.15) is 23.1 Å². The van der Waals surface area contributed by atoms with Gasteiger partial charge in [0.2, 0.25) is 11.7 Å². The topological polar surface area (TPSA) is 88.9 Å². The molecule has 0 radical (unpaired) electrons. The van der Waals surface area contributed by atoms with E-state index < -0.39 is 11.6 Å². The maximum absolute atomic E-state index is 12.0. The molecule has 1 aromatic heterocycles. The van der Waals surface area contributed by atoms with E-state index in [1.54, 1.807) is 50.5 Å². The van der Waals surface area contributed by atoms with Crippen molar-refractivity contribution in [2.45, 2.75) is 45.3 Å². The maximum atomic E-state index is 12.0. The van der Waals surface area contributed by atoms with E-state index >= 15 is 0 Å². The van der Waals surface area contributed by atoms with E-state index in [1.165, 1.54) is 0 Å². The summed E-state index contributed by atoms with van der Waals surface area (Å²) in [6.45, 7) is 5.37. The van der Waals surface area contributed by atoms with Crippen LogP contribution in [0.1, 0.15) is 44.0 Å². The van der Waals surface area contributed by atoms with Crippen LogP contribution in [0.4, 0.5) is 5.82 Å². The highest BCUT2D eigenvalue weighted by Crippen LogP contribution is 2.23. The third kappa shape index (κ3) is 6.00. The quantitative estimate of drug-likeness (QED) is 0.374. The molecule has 7 heteroatoms. The lowest BCUT2D eigenvalue weighted by molar-refractivity contribution is -0.500. The predicted molar refractivity (Wildman–Crippen MR) is 87.0 cm³/mol. The van der Waals surface area contributed by atoms with Crippen LogP contribution in [0, 0.1) is 5.41 Å². The molecule has 0 aliphatic heterocycles. The van der Waals surface area contributed by atoms with Crippen LogP contribution in [0.5, 0.6) is 0 Å². The molecule has 1 aliphatic rings. The molecular formula is C16H21ClN3O3+. The molecule has 0 spiro atoms. The van der Waals surface area contributed by atoms with Crippen LogP contribution in [-0.2, 0) is 9.47 Å². The molecule has 0 saturated heterocycles. The average Bonchev–Trinajstić information content (AvgIpc) is 3.20. The summed E-state index contributed by atoms with van der Waals surface area (Å²) in [7, 11) is 0. The summed E-state index contributed by atoms with van der Waals surface area (Å²) in [6.07, 6.45) is 5.45. The molecule has 1 heterocycles. The molecule has 1 fully saturated rings. The van der Waals surface area contributed by atoms with Gasteiger partial charge in [0.05, 0.1) is 11.6 Å². The second-order valence-corrected chi connectivity index (χ2v) is 6.64. The molecule has 23 heavy (non-hydrogen) atoms. The van der Waals surface area contributed by atoms with Crippen LogP contribution < -0.4 is 5.32 Å². The number of hydrogen-bond donors (Lipinski definition) is 2. The first-order valence-corrected chi connectivity index (χ1v) is 7.79. The first kappa shape index (κ1) is 17.4. The highest BCUT2D eigenvalue weighted by Gasteiger charge is 2.24. The van der Waals surface area contributed by atoms with Gasteiger partial charge in [-0.3, -0.25) is 10.7 Å². The molecule has 0 unspecified atom stereocenters. The molecule has 0 aromatic carbocycles. The van der Waals surface area contributed by atoms with Crippen LogP contribution in [0.25, 0.3) is 0 Å². The molecule has 0 atom stereocenters. The third-order valence-electron chi connectivity index (χ3n) is 2.82. The SMILES string of the molecule is CC(C)(C)OC(=O)c1ccc([NH2+]/C=C\C(=N)OC2CC2)nc1Cl. The van der Waals surface area contributed by atoms with Crippen molar-refractivity contribution >= 4 is 29.3 Å². The smallest absolute Gasteiger partial charge is 0.341 e. The fraction of sp³-hybridized carbons (Fsp3) is 0.438. The van der Waals surface area contributed by atoms with Gasteiger partial charge in [-0.2, -0.15) is 4.98 Å². The summed E-state index contributed by atoms with van der Waals surface area (Å²) < 4.78 is 10.6. The van der Waals surface area contributed by atoms with Crippen LogP contribution in [0.3, 0.4) is 0 Å². The Labute approximate surface area is 140 Å². The number of carbonyl (C=O) groups is 1. The lowest BCUT2D eigenvalue weighted by Crippen LogP contribution is -2.71. The van der Waals surface area contributed by atoms with Crippen LogP contribution in [0.15, 0.2) is 24.4 Å². The second kappa shape index (κ2) is 7.10. The Morgan fingerprint density at radius 1 is 1.43 bits per heavy atom. The number of nitrogens with zero attached hydrogens (tertiary/aromatic N) is 1. The van der Waals surface area contributed by atoms with Gasteiger partial charge in [-0.15, -0.1) is 0 Å². The lowest BCUT2D eigenvalue weighted by atomic mass is 10.2. The summed E-state index contributed by atoms with van der Waals surface area (Å²) in [5.74, 6) is 0.203. The zero-order valence-electron chi connectivity index (χ0n) is 13.4. The van der Waals surface area contributed by atoms with Crippen LogP contribution in [-0.4, -0.2) is 28.6 Å². The number of carbonyl (C=O) groups excluding carboxylic acids is 1. The van der Waals surface area contributed by atoms with E-state index in [1.807, 2.05) is 0 Å². The normalized spacial score (nSPS) is 14.8. The van der Waals surface area contributed by atoms with E-state index in [4.69, 9.17) is 26.5 Å². The molecule has 3 N–H and O–H groups in total. The number of rotatable bonds is 5. The number of halogens is 1. The Balaban J connectivity index is 1.94. The number of aromatic nitrogens is 1. The van der Waals surface area contributed by atoms with Crippen LogP contribution >= 0.6 is 11.6 Å². The summed E-state index contributed by atoms with van der Waals surface area (Å²) in [5.41, 5.74) is -0.358. The van der Waals surface area contributed by atoms with Gasteiger partial charge in [-0.05, 0) is 39.7 Å². The van der Waals surface area contributed by atoms with Gasteiger partial charge >= 0.3 is 5.97 Å². The van der Waals surface area contributed by atoms with Crippen molar-refractivity contribution in [1.29, 1.82) is 5.41 Å². The van der Waals surface area contributed by atoms with E-state index in [9.17, 15) is 4.79 Å². The number of hydrogen-bond acceptors (Lipinski definition) is 5. The fourth-order valence-electron chi connectivity index (χ4n) is 1.67. The molecular weight excluding hydrogens is 318 g/mol. The Morgan fingerprint density at radius 2 is 2.13 bits per heavy atom.